The van der Waals surface area contributed by atoms with E-state index in [1.807, 2.05) is 19.1 Å². The molecule has 0 aromatic heterocycles. The quantitative estimate of drug-likeness (QED) is 0.926. The third kappa shape index (κ3) is 4.22. The van der Waals surface area contributed by atoms with Gasteiger partial charge in [0, 0.05) is 18.5 Å². The van der Waals surface area contributed by atoms with Gasteiger partial charge in [0.1, 0.15) is 6.54 Å². The third-order valence-electron chi connectivity index (χ3n) is 3.54. The molecule has 120 valence electrons. The number of alkyl halides is 3. The van der Waals surface area contributed by atoms with Crippen LogP contribution in [0.5, 0.6) is 0 Å². The number of halogens is 3. The zero-order chi connectivity index (χ0) is 16.3. The minimum atomic E-state index is -4.43. The van der Waals surface area contributed by atoms with Crippen molar-refractivity contribution in [3.8, 4) is 0 Å². The molecule has 2 rings (SSSR count). The van der Waals surface area contributed by atoms with Gasteiger partial charge in [-0.3, -0.25) is 9.59 Å². The molecule has 7 heteroatoms. The van der Waals surface area contributed by atoms with Crippen LogP contribution in [0.3, 0.4) is 0 Å². The van der Waals surface area contributed by atoms with Gasteiger partial charge in [0.15, 0.2) is 0 Å². The van der Waals surface area contributed by atoms with Crippen LogP contribution >= 0.6 is 0 Å². The van der Waals surface area contributed by atoms with Crippen LogP contribution < -0.4 is 5.32 Å². The molecule has 0 aliphatic carbocycles. The van der Waals surface area contributed by atoms with Crippen molar-refractivity contribution < 1.29 is 22.8 Å². The molecule has 1 aliphatic heterocycles. The predicted molar refractivity (Wildman–Crippen MR) is 74.3 cm³/mol. The van der Waals surface area contributed by atoms with E-state index in [1.54, 1.807) is 12.1 Å². The van der Waals surface area contributed by atoms with E-state index < -0.39 is 24.7 Å². The van der Waals surface area contributed by atoms with Gasteiger partial charge in [-0.05, 0) is 24.1 Å². The molecule has 1 aromatic carbocycles. The first-order chi connectivity index (χ1) is 10.3. The maximum absolute atomic E-state index is 12.3. The summed E-state index contributed by atoms with van der Waals surface area (Å²) in [6, 6.07) is 6.39. The molecule has 1 aromatic rings. The Kier molecular flexibility index (Phi) is 4.73. The SMILES string of the molecule is CCc1ccc(C(=O)N[C@@H]2CC(=O)N(CC(F)(F)F)C2)cc1. The normalized spacial score (nSPS) is 18.6. The number of carbonyl (C=O) groups is 2. The smallest absolute Gasteiger partial charge is 0.347 e. The zero-order valence-electron chi connectivity index (χ0n) is 12.1. The van der Waals surface area contributed by atoms with Gasteiger partial charge in [0.2, 0.25) is 5.91 Å². The van der Waals surface area contributed by atoms with E-state index in [0.717, 1.165) is 16.9 Å². The highest BCUT2D eigenvalue weighted by molar-refractivity contribution is 5.95. The van der Waals surface area contributed by atoms with Crippen LogP contribution in [0.1, 0.15) is 29.3 Å². The molecule has 1 saturated heterocycles. The molecule has 1 fully saturated rings. The lowest BCUT2D eigenvalue weighted by Crippen LogP contribution is -2.39. The van der Waals surface area contributed by atoms with Crippen LogP contribution in [0.15, 0.2) is 24.3 Å². The van der Waals surface area contributed by atoms with Crippen LogP contribution in [0.2, 0.25) is 0 Å². The van der Waals surface area contributed by atoms with Gasteiger partial charge in [-0.25, -0.2) is 0 Å². The fraction of sp³-hybridized carbons (Fsp3) is 0.467. The summed E-state index contributed by atoms with van der Waals surface area (Å²) in [4.78, 5) is 24.3. The largest absolute Gasteiger partial charge is 0.406 e. The zero-order valence-corrected chi connectivity index (χ0v) is 12.1. The molecule has 2 amide bonds. The number of rotatable bonds is 4. The summed E-state index contributed by atoms with van der Waals surface area (Å²) in [5.41, 5.74) is 1.52. The second-order valence-corrected chi connectivity index (χ2v) is 5.31. The van der Waals surface area contributed by atoms with E-state index in [-0.39, 0.29) is 18.9 Å². The van der Waals surface area contributed by atoms with Gasteiger partial charge in [-0.1, -0.05) is 19.1 Å². The monoisotopic (exact) mass is 314 g/mol. The maximum atomic E-state index is 12.3. The van der Waals surface area contributed by atoms with Crippen molar-refractivity contribution in [2.75, 3.05) is 13.1 Å². The van der Waals surface area contributed by atoms with Gasteiger partial charge >= 0.3 is 6.18 Å². The average Bonchev–Trinajstić information content (AvgIpc) is 2.76. The number of aryl methyl sites for hydroxylation is 1. The van der Waals surface area contributed by atoms with Crippen molar-refractivity contribution in [2.45, 2.75) is 32.0 Å². The molecule has 1 N–H and O–H groups in total. The molecule has 0 radical (unpaired) electrons. The average molecular weight is 314 g/mol. The first-order valence-corrected chi connectivity index (χ1v) is 7.03. The number of hydrogen-bond donors (Lipinski definition) is 1. The lowest BCUT2D eigenvalue weighted by Gasteiger charge is -2.18. The van der Waals surface area contributed by atoms with Gasteiger partial charge in [-0.15, -0.1) is 0 Å². The van der Waals surface area contributed by atoms with E-state index >= 15 is 0 Å². The summed E-state index contributed by atoms with van der Waals surface area (Å²) < 4.78 is 37.0. The van der Waals surface area contributed by atoms with Crippen LogP contribution in [0.25, 0.3) is 0 Å². The number of amides is 2. The summed E-state index contributed by atoms with van der Waals surface area (Å²) >= 11 is 0. The number of benzene rings is 1. The molecule has 0 bridgehead atoms. The molecule has 1 atom stereocenters. The lowest BCUT2D eigenvalue weighted by atomic mass is 10.1. The Balaban J connectivity index is 1.93. The van der Waals surface area contributed by atoms with Crippen molar-refractivity contribution in [3.05, 3.63) is 35.4 Å². The van der Waals surface area contributed by atoms with E-state index in [2.05, 4.69) is 5.32 Å². The first kappa shape index (κ1) is 16.3. The molecular formula is C15H17F3N2O2. The second kappa shape index (κ2) is 6.37. The molecular weight excluding hydrogens is 297 g/mol. The van der Waals surface area contributed by atoms with Crippen molar-refractivity contribution in [2.24, 2.45) is 0 Å². The molecule has 1 aliphatic rings. The minimum Gasteiger partial charge on any atom is -0.347 e. The number of carbonyl (C=O) groups excluding carboxylic acids is 2. The Morgan fingerprint density at radius 1 is 1.32 bits per heavy atom. The van der Waals surface area contributed by atoms with Gasteiger partial charge < -0.3 is 10.2 Å². The van der Waals surface area contributed by atoms with E-state index in [1.165, 1.54) is 0 Å². The predicted octanol–water partition coefficient (Wildman–Crippen LogP) is 2.14. The van der Waals surface area contributed by atoms with Crippen molar-refractivity contribution in [1.82, 2.24) is 10.2 Å². The van der Waals surface area contributed by atoms with Crippen LogP contribution in [0.4, 0.5) is 13.2 Å². The molecule has 4 nitrogen and oxygen atoms in total. The molecule has 1 heterocycles. The van der Waals surface area contributed by atoms with E-state index in [0.29, 0.717) is 5.56 Å². The van der Waals surface area contributed by atoms with Crippen molar-refractivity contribution >= 4 is 11.8 Å². The topological polar surface area (TPSA) is 49.4 Å². The third-order valence-corrected chi connectivity index (χ3v) is 3.54. The highest BCUT2D eigenvalue weighted by atomic mass is 19.4. The van der Waals surface area contributed by atoms with Crippen molar-refractivity contribution in [1.29, 1.82) is 0 Å². The first-order valence-electron chi connectivity index (χ1n) is 7.03. The molecule has 0 spiro atoms. The number of likely N-dealkylation sites (tertiary alicyclic amines) is 1. The maximum Gasteiger partial charge on any atom is 0.406 e. The highest BCUT2D eigenvalue weighted by Crippen LogP contribution is 2.21. The van der Waals surface area contributed by atoms with Gasteiger partial charge in [0.05, 0.1) is 6.04 Å². The summed E-state index contributed by atoms with van der Waals surface area (Å²) in [5.74, 6) is -0.974. The molecule has 0 saturated carbocycles. The number of nitrogens with one attached hydrogen (secondary N) is 1. The van der Waals surface area contributed by atoms with Crippen molar-refractivity contribution in [3.63, 3.8) is 0 Å². The van der Waals surface area contributed by atoms with Crippen LogP contribution in [-0.4, -0.2) is 42.0 Å². The Morgan fingerprint density at radius 3 is 2.50 bits per heavy atom. The Hall–Kier alpha value is -2.05. The summed E-state index contributed by atoms with van der Waals surface area (Å²) in [7, 11) is 0. The van der Waals surface area contributed by atoms with Crippen LogP contribution in [0, 0.1) is 0 Å². The number of nitrogens with zero attached hydrogens (tertiary/aromatic N) is 1. The summed E-state index contributed by atoms with van der Waals surface area (Å²) in [5, 5.41) is 2.61. The Labute approximate surface area is 126 Å². The summed E-state index contributed by atoms with van der Waals surface area (Å²) in [6.07, 6.45) is -3.68. The highest BCUT2D eigenvalue weighted by Gasteiger charge is 2.38. The number of hydrogen-bond acceptors (Lipinski definition) is 2. The van der Waals surface area contributed by atoms with Gasteiger partial charge in [0.25, 0.3) is 5.91 Å². The van der Waals surface area contributed by atoms with Crippen LogP contribution in [-0.2, 0) is 11.2 Å². The standard InChI is InChI=1S/C15H17F3N2O2/c1-2-10-3-5-11(6-4-10)14(22)19-12-7-13(21)20(8-12)9-15(16,17)18/h3-6,12H,2,7-9H2,1H3,(H,19,22)/t12-/m1/s1. The van der Waals surface area contributed by atoms with E-state index in [9.17, 15) is 22.8 Å². The fourth-order valence-corrected chi connectivity index (χ4v) is 2.40. The molecule has 22 heavy (non-hydrogen) atoms. The Bertz CT molecular complexity index is 555. The molecule has 0 unspecified atom stereocenters. The second-order valence-electron chi connectivity index (χ2n) is 5.31. The van der Waals surface area contributed by atoms with Gasteiger partial charge in [-0.2, -0.15) is 13.2 Å². The fourth-order valence-electron chi connectivity index (χ4n) is 2.40. The lowest BCUT2D eigenvalue weighted by molar-refractivity contribution is -0.157. The summed E-state index contributed by atoms with van der Waals surface area (Å²) in [6.45, 7) is 0.606. The van der Waals surface area contributed by atoms with E-state index in [4.69, 9.17) is 0 Å². The Morgan fingerprint density at radius 2 is 1.95 bits per heavy atom. The minimum absolute atomic E-state index is 0.102.